The fourth-order valence-electron chi connectivity index (χ4n) is 2.60. The first-order chi connectivity index (χ1) is 9.56. The highest BCUT2D eigenvalue weighted by Crippen LogP contribution is 2.17. The molecule has 0 saturated carbocycles. The first-order valence-electron chi connectivity index (χ1n) is 7.37. The van der Waals surface area contributed by atoms with Gasteiger partial charge in [-0.25, -0.2) is 4.98 Å². The minimum absolute atomic E-state index is 0.144. The van der Waals surface area contributed by atoms with Crippen LogP contribution in [0.5, 0.6) is 0 Å². The number of rotatable bonds is 4. The maximum Gasteiger partial charge on any atom is 0.271 e. The number of carbonyl (C=O) groups excluding carboxylic acids is 1. The highest BCUT2D eigenvalue weighted by molar-refractivity contribution is 5.91. The molecule has 1 aliphatic heterocycles. The SMILES string of the molecule is Cc1cnc(C(=O)NC[C@@H](C)N2CCC[C@H](C)C2)cn1. The fraction of sp³-hybridized carbons (Fsp3) is 0.667. The molecule has 2 atom stereocenters. The Morgan fingerprint density at radius 2 is 2.30 bits per heavy atom. The van der Waals surface area contributed by atoms with Gasteiger partial charge in [0.25, 0.3) is 5.91 Å². The molecule has 0 bridgehead atoms. The Hall–Kier alpha value is -1.49. The van der Waals surface area contributed by atoms with Crippen molar-refractivity contribution in [2.24, 2.45) is 5.92 Å². The fourth-order valence-corrected chi connectivity index (χ4v) is 2.60. The molecule has 1 saturated heterocycles. The van der Waals surface area contributed by atoms with Crippen LogP contribution in [0, 0.1) is 12.8 Å². The van der Waals surface area contributed by atoms with Gasteiger partial charge < -0.3 is 5.32 Å². The molecule has 1 aromatic rings. The number of aryl methyl sites for hydroxylation is 1. The number of aromatic nitrogens is 2. The number of piperidine rings is 1. The molecular formula is C15H24N4O. The molecule has 0 aromatic carbocycles. The zero-order valence-electron chi connectivity index (χ0n) is 12.6. The number of likely N-dealkylation sites (tertiary alicyclic amines) is 1. The van der Waals surface area contributed by atoms with Gasteiger partial charge in [-0.15, -0.1) is 0 Å². The minimum atomic E-state index is -0.144. The molecule has 1 fully saturated rings. The monoisotopic (exact) mass is 276 g/mol. The second-order valence-corrected chi connectivity index (χ2v) is 5.84. The molecule has 2 rings (SSSR count). The standard InChI is InChI=1S/C15H24N4O/c1-11-5-4-6-19(10-11)13(3)8-18-15(20)14-9-16-12(2)7-17-14/h7,9,11,13H,4-6,8,10H2,1-3H3,(H,18,20)/t11-,13+/m0/s1. The minimum Gasteiger partial charge on any atom is -0.349 e. The van der Waals surface area contributed by atoms with E-state index >= 15 is 0 Å². The van der Waals surface area contributed by atoms with Crippen LogP contribution in [-0.2, 0) is 0 Å². The highest BCUT2D eigenvalue weighted by atomic mass is 16.1. The molecule has 5 nitrogen and oxygen atoms in total. The van der Waals surface area contributed by atoms with Gasteiger partial charge in [0.2, 0.25) is 0 Å². The molecule has 0 radical (unpaired) electrons. The van der Waals surface area contributed by atoms with Crippen molar-refractivity contribution in [2.45, 2.75) is 39.7 Å². The second-order valence-electron chi connectivity index (χ2n) is 5.84. The van der Waals surface area contributed by atoms with E-state index in [1.165, 1.54) is 19.0 Å². The number of nitrogens with one attached hydrogen (secondary N) is 1. The summed E-state index contributed by atoms with van der Waals surface area (Å²) in [6, 6.07) is 0.361. The van der Waals surface area contributed by atoms with Crippen molar-refractivity contribution in [1.82, 2.24) is 20.2 Å². The molecule has 1 N–H and O–H groups in total. The number of hydrogen-bond donors (Lipinski definition) is 1. The van der Waals surface area contributed by atoms with Crippen molar-refractivity contribution in [3.05, 3.63) is 23.8 Å². The lowest BCUT2D eigenvalue weighted by molar-refractivity contribution is 0.0912. The van der Waals surface area contributed by atoms with Crippen molar-refractivity contribution in [3.8, 4) is 0 Å². The molecule has 2 heterocycles. The van der Waals surface area contributed by atoms with Gasteiger partial charge in [0.15, 0.2) is 0 Å². The summed E-state index contributed by atoms with van der Waals surface area (Å²) < 4.78 is 0. The van der Waals surface area contributed by atoms with Crippen LogP contribution < -0.4 is 5.32 Å². The Bertz CT molecular complexity index is 446. The van der Waals surface area contributed by atoms with Gasteiger partial charge in [0, 0.05) is 25.3 Å². The molecule has 110 valence electrons. The van der Waals surface area contributed by atoms with Crippen LogP contribution >= 0.6 is 0 Å². The Kier molecular flexibility index (Phi) is 5.06. The number of nitrogens with zero attached hydrogens (tertiary/aromatic N) is 3. The quantitative estimate of drug-likeness (QED) is 0.908. The molecule has 1 amide bonds. The molecular weight excluding hydrogens is 252 g/mol. The third-order valence-electron chi connectivity index (χ3n) is 3.88. The first-order valence-corrected chi connectivity index (χ1v) is 7.37. The summed E-state index contributed by atoms with van der Waals surface area (Å²) in [4.78, 5) is 22.6. The van der Waals surface area contributed by atoms with E-state index in [4.69, 9.17) is 0 Å². The van der Waals surface area contributed by atoms with Gasteiger partial charge in [-0.1, -0.05) is 6.92 Å². The predicted octanol–water partition coefficient (Wildman–Crippen LogP) is 1.64. The Morgan fingerprint density at radius 3 is 2.95 bits per heavy atom. The lowest BCUT2D eigenvalue weighted by atomic mass is 9.99. The predicted molar refractivity (Wildman–Crippen MR) is 78.5 cm³/mol. The Morgan fingerprint density at radius 1 is 1.50 bits per heavy atom. The normalized spacial score (nSPS) is 21.4. The lowest BCUT2D eigenvalue weighted by Crippen LogP contribution is -2.46. The summed E-state index contributed by atoms with van der Waals surface area (Å²) in [6.07, 6.45) is 5.71. The molecule has 1 aliphatic rings. The molecule has 0 spiro atoms. The molecule has 0 unspecified atom stereocenters. The van der Waals surface area contributed by atoms with Gasteiger partial charge in [0.1, 0.15) is 5.69 Å². The van der Waals surface area contributed by atoms with Gasteiger partial charge in [-0.05, 0) is 39.2 Å². The second kappa shape index (κ2) is 6.79. The van der Waals surface area contributed by atoms with Crippen LogP contribution in [0.2, 0.25) is 0 Å². The Balaban J connectivity index is 1.82. The summed E-state index contributed by atoms with van der Waals surface area (Å²) in [5.41, 5.74) is 1.20. The van der Waals surface area contributed by atoms with Crippen molar-refractivity contribution in [2.75, 3.05) is 19.6 Å². The number of hydrogen-bond acceptors (Lipinski definition) is 4. The molecule has 1 aromatic heterocycles. The highest BCUT2D eigenvalue weighted by Gasteiger charge is 2.21. The average Bonchev–Trinajstić information content (AvgIpc) is 2.45. The average molecular weight is 276 g/mol. The maximum atomic E-state index is 12.0. The van der Waals surface area contributed by atoms with Crippen molar-refractivity contribution < 1.29 is 4.79 Å². The van der Waals surface area contributed by atoms with E-state index in [1.807, 2.05) is 6.92 Å². The van der Waals surface area contributed by atoms with Crippen LogP contribution in [-0.4, -0.2) is 46.5 Å². The lowest BCUT2D eigenvalue weighted by Gasteiger charge is -2.35. The van der Waals surface area contributed by atoms with Gasteiger partial charge in [0.05, 0.1) is 11.9 Å². The van der Waals surface area contributed by atoms with Crippen molar-refractivity contribution >= 4 is 5.91 Å². The van der Waals surface area contributed by atoms with E-state index < -0.39 is 0 Å². The van der Waals surface area contributed by atoms with E-state index in [9.17, 15) is 4.79 Å². The zero-order valence-corrected chi connectivity index (χ0v) is 12.6. The van der Waals surface area contributed by atoms with Crippen LogP contribution in [0.4, 0.5) is 0 Å². The van der Waals surface area contributed by atoms with E-state index in [0.717, 1.165) is 24.7 Å². The van der Waals surface area contributed by atoms with E-state index in [1.54, 1.807) is 6.20 Å². The van der Waals surface area contributed by atoms with E-state index in [0.29, 0.717) is 18.3 Å². The summed E-state index contributed by atoms with van der Waals surface area (Å²) in [7, 11) is 0. The third kappa shape index (κ3) is 4.00. The third-order valence-corrected chi connectivity index (χ3v) is 3.88. The first kappa shape index (κ1) is 14.9. The van der Waals surface area contributed by atoms with Gasteiger partial charge in [-0.3, -0.25) is 14.7 Å². The largest absolute Gasteiger partial charge is 0.349 e. The summed E-state index contributed by atoms with van der Waals surface area (Å²) >= 11 is 0. The van der Waals surface area contributed by atoms with Crippen molar-refractivity contribution in [1.29, 1.82) is 0 Å². The number of carbonyl (C=O) groups is 1. The van der Waals surface area contributed by atoms with E-state index in [2.05, 4.69) is 34.0 Å². The smallest absolute Gasteiger partial charge is 0.271 e. The van der Waals surface area contributed by atoms with Gasteiger partial charge in [-0.2, -0.15) is 0 Å². The zero-order chi connectivity index (χ0) is 14.5. The maximum absolute atomic E-state index is 12.0. The topological polar surface area (TPSA) is 58.1 Å². The summed E-state index contributed by atoms with van der Waals surface area (Å²) in [6.45, 7) is 9.22. The van der Waals surface area contributed by atoms with Crippen LogP contribution in [0.15, 0.2) is 12.4 Å². The summed E-state index contributed by atoms with van der Waals surface area (Å²) in [5.74, 6) is 0.610. The van der Waals surface area contributed by atoms with Crippen LogP contribution in [0.1, 0.15) is 42.9 Å². The summed E-state index contributed by atoms with van der Waals surface area (Å²) in [5, 5.41) is 2.95. The Labute approximate surface area is 120 Å². The van der Waals surface area contributed by atoms with Crippen molar-refractivity contribution in [3.63, 3.8) is 0 Å². The van der Waals surface area contributed by atoms with Crippen LogP contribution in [0.3, 0.4) is 0 Å². The molecule has 0 aliphatic carbocycles. The molecule has 5 heteroatoms. The number of amides is 1. The molecule has 20 heavy (non-hydrogen) atoms. The van der Waals surface area contributed by atoms with Crippen LogP contribution in [0.25, 0.3) is 0 Å². The van der Waals surface area contributed by atoms with Gasteiger partial charge >= 0.3 is 0 Å². The van der Waals surface area contributed by atoms with E-state index in [-0.39, 0.29) is 5.91 Å².